The molecule has 12 rings (SSSR count). The zero-order valence-corrected chi connectivity index (χ0v) is 33.6. The van der Waals surface area contributed by atoms with E-state index in [1.807, 2.05) is 72.8 Å². The minimum absolute atomic E-state index is 0.489. The maximum Gasteiger partial charge on any atom is 0.164 e. The van der Waals surface area contributed by atoms with E-state index in [0.717, 1.165) is 49.8 Å². The third kappa shape index (κ3) is 5.65. The lowest BCUT2D eigenvalue weighted by Gasteiger charge is -2.35. The fraction of sp³-hybridized carbons (Fsp3) is 0.0172. The van der Waals surface area contributed by atoms with Crippen molar-refractivity contribution >= 4 is 21.9 Å². The van der Waals surface area contributed by atoms with Crippen LogP contribution in [0.3, 0.4) is 0 Å². The zero-order valence-electron chi connectivity index (χ0n) is 33.6. The molecule has 11 aromatic rings. The van der Waals surface area contributed by atoms with Crippen LogP contribution in [0.1, 0.15) is 22.3 Å². The van der Waals surface area contributed by atoms with Gasteiger partial charge in [0.2, 0.25) is 0 Å². The van der Waals surface area contributed by atoms with E-state index in [9.17, 15) is 0 Å². The van der Waals surface area contributed by atoms with E-state index >= 15 is 0 Å². The average molecular weight is 792 g/mol. The molecule has 290 valence electrons. The van der Waals surface area contributed by atoms with E-state index in [1.165, 1.54) is 44.5 Å². The lowest BCUT2D eigenvalue weighted by molar-refractivity contribution is 0.669. The summed E-state index contributed by atoms with van der Waals surface area (Å²) in [6.45, 7) is 0. The second-order valence-electron chi connectivity index (χ2n) is 15.9. The van der Waals surface area contributed by atoms with Crippen molar-refractivity contribution in [2.45, 2.75) is 5.41 Å². The van der Waals surface area contributed by atoms with Gasteiger partial charge in [0.1, 0.15) is 11.2 Å². The summed E-state index contributed by atoms with van der Waals surface area (Å²) >= 11 is 0. The Morgan fingerprint density at radius 2 is 0.823 bits per heavy atom. The van der Waals surface area contributed by atoms with E-state index in [2.05, 4.69) is 152 Å². The average Bonchev–Trinajstić information content (AvgIpc) is 3.89. The summed E-state index contributed by atoms with van der Waals surface area (Å²) in [5.74, 6) is 1.84. The number of hydrogen-bond donors (Lipinski definition) is 0. The standard InChI is InChI=1S/C58H37N3O/c1-5-17-40(18-6-1)55-59-56(41-19-7-2-8-20-41)61-57(60-55)48-28-16-30-52-53(48)49-37-42(35-36-51(49)62-52)38-31-33-39(34-32-38)45-26-15-27-47-46-25-13-14-29-50(46)58(54(45)47,43-21-9-3-10-22-43)44-23-11-4-12-24-44/h1-37H. The molecule has 0 N–H and O–H groups in total. The molecule has 0 amide bonds. The lowest BCUT2D eigenvalue weighted by atomic mass is 9.66. The highest BCUT2D eigenvalue weighted by Crippen LogP contribution is 2.58. The predicted molar refractivity (Wildman–Crippen MR) is 252 cm³/mol. The van der Waals surface area contributed by atoms with E-state index in [4.69, 9.17) is 19.4 Å². The van der Waals surface area contributed by atoms with Crippen molar-refractivity contribution < 1.29 is 4.42 Å². The first-order valence-electron chi connectivity index (χ1n) is 21.0. The zero-order chi connectivity index (χ0) is 41.0. The van der Waals surface area contributed by atoms with Gasteiger partial charge in [-0.25, -0.2) is 15.0 Å². The molecule has 0 atom stereocenters. The summed E-state index contributed by atoms with van der Waals surface area (Å²) < 4.78 is 6.50. The van der Waals surface area contributed by atoms with Crippen LogP contribution in [0.25, 0.3) is 89.5 Å². The van der Waals surface area contributed by atoms with Crippen molar-refractivity contribution in [3.05, 3.63) is 247 Å². The Bertz CT molecular complexity index is 3340. The van der Waals surface area contributed by atoms with Crippen LogP contribution in [-0.2, 0) is 5.41 Å². The van der Waals surface area contributed by atoms with Crippen LogP contribution < -0.4 is 0 Å². The highest BCUT2D eigenvalue weighted by molar-refractivity contribution is 6.13. The van der Waals surface area contributed by atoms with E-state index in [-0.39, 0.29) is 0 Å². The Kier molecular flexibility index (Phi) is 8.36. The van der Waals surface area contributed by atoms with Crippen molar-refractivity contribution in [2.24, 2.45) is 0 Å². The molecule has 4 nitrogen and oxygen atoms in total. The molecule has 1 aliphatic carbocycles. The Labute approximate surface area is 359 Å². The summed E-state index contributed by atoms with van der Waals surface area (Å²) in [6, 6.07) is 79.5. The number of rotatable bonds is 7. The maximum atomic E-state index is 6.50. The molecular weight excluding hydrogens is 755 g/mol. The third-order valence-electron chi connectivity index (χ3n) is 12.4. The molecule has 0 aliphatic heterocycles. The molecule has 1 aliphatic rings. The molecule has 4 heteroatoms. The number of benzene rings is 9. The molecule has 0 saturated carbocycles. The number of hydrogen-bond acceptors (Lipinski definition) is 4. The summed E-state index contributed by atoms with van der Waals surface area (Å²) in [6.07, 6.45) is 0. The molecule has 0 bridgehead atoms. The third-order valence-corrected chi connectivity index (χ3v) is 12.4. The molecule has 0 radical (unpaired) electrons. The normalized spacial score (nSPS) is 12.6. The molecule has 2 heterocycles. The van der Waals surface area contributed by atoms with Gasteiger partial charge < -0.3 is 4.42 Å². The molecule has 9 aromatic carbocycles. The van der Waals surface area contributed by atoms with Crippen molar-refractivity contribution in [1.82, 2.24) is 15.0 Å². The first-order chi connectivity index (χ1) is 30.7. The largest absolute Gasteiger partial charge is 0.456 e. The maximum absolute atomic E-state index is 6.50. The van der Waals surface area contributed by atoms with Gasteiger partial charge in [0, 0.05) is 27.5 Å². The first kappa shape index (κ1) is 35.7. The number of nitrogens with zero attached hydrogens (tertiary/aromatic N) is 3. The van der Waals surface area contributed by atoms with Crippen LogP contribution in [0.15, 0.2) is 229 Å². The van der Waals surface area contributed by atoms with Gasteiger partial charge in [0.05, 0.1) is 5.41 Å². The van der Waals surface area contributed by atoms with E-state index in [1.54, 1.807) is 0 Å². The molecule has 0 unspecified atom stereocenters. The number of aromatic nitrogens is 3. The molecular formula is C58H37N3O. The summed E-state index contributed by atoms with van der Waals surface area (Å²) in [5.41, 5.74) is 16.2. The first-order valence-corrected chi connectivity index (χ1v) is 21.0. The lowest BCUT2D eigenvalue weighted by Crippen LogP contribution is -2.29. The van der Waals surface area contributed by atoms with Crippen molar-refractivity contribution in [1.29, 1.82) is 0 Å². The van der Waals surface area contributed by atoms with Gasteiger partial charge in [0.25, 0.3) is 0 Å². The summed E-state index contributed by atoms with van der Waals surface area (Å²) in [7, 11) is 0. The van der Waals surface area contributed by atoms with E-state index < -0.39 is 5.41 Å². The second kappa shape index (κ2) is 14.5. The minimum atomic E-state index is -0.489. The Morgan fingerprint density at radius 1 is 0.323 bits per heavy atom. The van der Waals surface area contributed by atoms with Gasteiger partial charge in [0.15, 0.2) is 17.5 Å². The van der Waals surface area contributed by atoms with Gasteiger partial charge in [-0.3, -0.25) is 0 Å². The van der Waals surface area contributed by atoms with Gasteiger partial charge in [-0.15, -0.1) is 0 Å². The summed E-state index contributed by atoms with van der Waals surface area (Å²) in [4.78, 5) is 15.1. The fourth-order valence-electron chi connectivity index (χ4n) is 9.71. The Morgan fingerprint density at radius 3 is 1.48 bits per heavy atom. The molecule has 2 aromatic heterocycles. The number of fused-ring (bicyclic) bond motifs is 6. The van der Waals surface area contributed by atoms with Crippen LogP contribution >= 0.6 is 0 Å². The topological polar surface area (TPSA) is 51.8 Å². The highest BCUT2D eigenvalue weighted by Gasteiger charge is 2.47. The molecule has 0 saturated heterocycles. The highest BCUT2D eigenvalue weighted by atomic mass is 16.3. The van der Waals surface area contributed by atoms with E-state index in [0.29, 0.717) is 17.5 Å². The van der Waals surface area contributed by atoms with Crippen molar-refractivity contribution in [3.63, 3.8) is 0 Å². The van der Waals surface area contributed by atoms with Crippen LogP contribution in [0, 0.1) is 0 Å². The van der Waals surface area contributed by atoms with Gasteiger partial charge in [-0.1, -0.05) is 206 Å². The van der Waals surface area contributed by atoms with Gasteiger partial charge >= 0.3 is 0 Å². The van der Waals surface area contributed by atoms with Crippen LogP contribution in [0.2, 0.25) is 0 Å². The smallest absolute Gasteiger partial charge is 0.164 e. The second-order valence-corrected chi connectivity index (χ2v) is 15.9. The Hall–Kier alpha value is -8.21. The molecule has 62 heavy (non-hydrogen) atoms. The SMILES string of the molecule is c1ccc(-c2nc(-c3ccccc3)nc(-c3cccc4oc5ccc(-c6ccc(-c7cccc8c7C(c7ccccc7)(c7ccccc7)c7ccccc7-8)cc6)cc5c34)n2)cc1. The minimum Gasteiger partial charge on any atom is -0.456 e. The Balaban J connectivity index is 0.988. The summed E-state index contributed by atoms with van der Waals surface area (Å²) in [5, 5.41) is 1.98. The molecule has 0 fully saturated rings. The predicted octanol–water partition coefficient (Wildman–Crippen LogP) is 14.5. The van der Waals surface area contributed by atoms with Crippen LogP contribution in [0.5, 0.6) is 0 Å². The molecule has 0 spiro atoms. The van der Waals surface area contributed by atoms with Crippen LogP contribution in [0.4, 0.5) is 0 Å². The quantitative estimate of drug-likeness (QED) is 0.161. The van der Waals surface area contributed by atoms with Crippen molar-refractivity contribution in [3.8, 4) is 67.5 Å². The monoisotopic (exact) mass is 791 g/mol. The van der Waals surface area contributed by atoms with Crippen molar-refractivity contribution in [2.75, 3.05) is 0 Å². The van der Waals surface area contributed by atoms with Gasteiger partial charge in [-0.05, 0) is 73.8 Å². The van der Waals surface area contributed by atoms with Gasteiger partial charge in [-0.2, -0.15) is 0 Å². The number of furan rings is 1. The van der Waals surface area contributed by atoms with Crippen LogP contribution in [-0.4, -0.2) is 15.0 Å². The fourth-order valence-corrected chi connectivity index (χ4v) is 9.71.